The Bertz CT molecular complexity index is 811. The second-order valence-corrected chi connectivity index (χ2v) is 9.37. The first-order valence-electron chi connectivity index (χ1n) is 11.0. The fraction of sp³-hybridized carbons (Fsp3) is 0.538. The summed E-state index contributed by atoms with van der Waals surface area (Å²) in [6.45, 7) is 7.89. The van der Waals surface area contributed by atoms with E-state index >= 15 is 0 Å². The highest BCUT2D eigenvalue weighted by Gasteiger charge is 2.46. The molecule has 2 heteroatoms. The summed E-state index contributed by atoms with van der Waals surface area (Å²) in [5.74, 6) is 2.53. The zero-order valence-electron chi connectivity index (χ0n) is 17.6. The number of benzene rings is 2. The fourth-order valence-electron chi connectivity index (χ4n) is 5.75. The minimum absolute atomic E-state index is 0.166. The lowest BCUT2D eigenvalue weighted by Crippen LogP contribution is -2.45. The number of aliphatic hydroxyl groups excluding tert-OH is 1. The summed E-state index contributed by atoms with van der Waals surface area (Å²) in [4.78, 5) is 0. The monoisotopic (exact) mass is 378 g/mol. The lowest BCUT2D eigenvalue weighted by Gasteiger charge is -2.50. The molecular weight excluding hydrogens is 344 g/mol. The second-order valence-electron chi connectivity index (χ2n) is 9.37. The predicted molar refractivity (Wildman–Crippen MR) is 115 cm³/mol. The molecule has 4 rings (SSSR count). The third-order valence-electron chi connectivity index (χ3n) is 7.33. The van der Waals surface area contributed by atoms with Gasteiger partial charge in [-0.25, -0.2) is 0 Å². The number of hydrogen-bond acceptors (Lipinski definition) is 2. The van der Waals surface area contributed by atoms with Gasteiger partial charge in [-0.05, 0) is 77.2 Å². The zero-order valence-corrected chi connectivity index (χ0v) is 17.6. The molecule has 2 nitrogen and oxygen atoms in total. The molecule has 2 aromatic carbocycles. The highest BCUT2D eigenvalue weighted by molar-refractivity contribution is 5.49. The fourth-order valence-corrected chi connectivity index (χ4v) is 5.75. The Morgan fingerprint density at radius 1 is 1.14 bits per heavy atom. The first-order chi connectivity index (χ1) is 13.5. The molecule has 0 heterocycles. The first kappa shape index (κ1) is 19.5. The Labute approximate surface area is 169 Å². The number of rotatable bonds is 5. The molecule has 0 bridgehead atoms. The number of ether oxygens (including phenoxy) is 1. The van der Waals surface area contributed by atoms with Crippen LogP contribution in [0.2, 0.25) is 0 Å². The van der Waals surface area contributed by atoms with Crippen LogP contribution in [-0.4, -0.2) is 11.7 Å². The van der Waals surface area contributed by atoms with Gasteiger partial charge in [0.2, 0.25) is 0 Å². The van der Waals surface area contributed by atoms with Crippen LogP contribution in [0, 0.1) is 11.8 Å². The number of aliphatic hydroxyl groups is 1. The normalized spacial score (nSPS) is 26.6. The molecule has 0 radical (unpaired) electrons. The van der Waals surface area contributed by atoms with Gasteiger partial charge in [-0.15, -0.1) is 0 Å². The summed E-state index contributed by atoms with van der Waals surface area (Å²) in [6, 6.07) is 15.2. The Kier molecular flexibility index (Phi) is 5.51. The number of aryl methyl sites for hydroxylation is 1. The summed E-state index contributed by atoms with van der Waals surface area (Å²) in [6.07, 6.45) is 5.94. The summed E-state index contributed by atoms with van der Waals surface area (Å²) >= 11 is 0. The molecule has 2 aliphatic carbocycles. The Balaban J connectivity index is 1.71. The Hall–Kier alpha value is -1.80. The summed E-state index contributed by atoms with van der Waals surface area (Å²) in [5, 5.41) is 9.95. The van der Waals surface area contributed by atoms with Crippen molar-refractivity contribution < 1.29 is 9.84 Å². The van der Waals surface area contributed by atoms with Crippen LogP contribution < -0.4 is 4.74 Å². The third kappa shape index (κ3) is 3.48. The highest BCUT2D eigenvalue weighted by atomic mass is 16.5. The van der Waals surface area contributed by atoms with Gasteiger partial charge < -0.3 is 9.84 Å². The topological polar surface area (TPSA) is 29.5 Å². The molecule has 1 N–H and O–H groups in total. The molecule has 150 valence electrons. The molecule has 3 atom stereocenters. The van der Waals surface area contributed by atoms with Crippen molar-refractivity contribution in [2.24, 2.45) is 11.8 Å². The number of hydrogen-bond donors (Lipinski definition) is 1. The van der Waals surface area contributed by atoms with Crippen molar-refractivity contribution in [1.82, 2.24) is 0 Å². The van der Waals surface area contributed by atoms with Gasteiger partial charge in [0.15, 0.2) is 0 Å². The highest BCUT2D eigenvalue weighted by Crippen LogP contribution is 2.53. The smallest absolute Gasteiger partial charge is 0.123 e. The zero-order chi connectivity index (χ0) is 19.7. The van der Waals surface area contributed by atoms with Gasteiger partial charge in [0.1, 0.15) is 12.4 Å². The van der Waals surface area contributed by atoms with Gasteiger partial charge in [0, 0.05) is 6.61 Å². The second kappa shape index (κ2) is 7.91. The maximum Gasteiger partial charge on any atom is 0.123 e. The predicted octanol–water partition coefficient (Wildman–Crippen LogP) is 6.00. The van der Waals surface area contributed by atoms with Crippen LogP contribution in [0.1, 0.15) is 74.6 Å². The summed E-state index contributed by atoms with van der Waals surface area (Å²) in [7, 11) is 0. The third-order valence-corrected chi connectivity index (χ3v) is 7.33. The minimum atomic E-state index is 0.166. The van der Waals surface area contributed by atoms with E-state index in [2.05, 4.69) is 57.2 Å². The van der Waals surface area contributed by atoms with E-state index < -0.39 is 0 Å². The molecule has 0 amide bonds. The van der Waals surface area contributed by atoms with Crippen LogP contribution in [0.15, 0.2) is 42.5 Å². The molecule has 1 fully saturated rings. The van der Waals surface area contributed by atoms with Crippen molar-refractivity contribution in [2.45, 2.75) is 70.8 Å². The van der Waals surface area contributed by atoms with Crippen LogP contribution in [0.3, 0.4) is 0 Å². The molecule has 2 aliphatic rings. The average Bonchev–Trinajstić information content (AvgIpc) is 2.71. The molecule has 1 saturated carbocycles. The van der Waals surface area contributed by atoms with E-state index in [1.807, 2.05) is 6.07 Å². The van der Waals surface area contributed by atoms with Gasteiger partial charge in [0.25, 0.3) is 0 Å². The van der Waals surface area contributed by atoms with E-state index in [9.17, 15) is 5.11 Å². The SMILES string of the molecule is CC(C)c1cc2c(cc1OCc1ccccc1)[C@@]1(C)CCC[C@H](CO)C1CC2. The lowest BCUT2D eigenvalue weighted by atomic mass is 9.55. The minimum Gasteiger partial charge on any atom is -0.489 e. The van der Waals surface area contributed by atoms with E-state index in [-0.39, 0.29) is 5.41 Å². The molecule has 1 unspecified atom stereocenters. The molecule has 28 heavy (non-hydrogen) atoms. The van der Waals surface area contributed by atoms with Gasteiger partial charge in [-0.3, -0.25) is 0 Å². The molecule has 0 aromatic heterocycles. The standard InChI is InChI=1S/C26H34O2/c1-18(2)22-14-20-11-12-23-21(16-27)10-7-13-26(23,3)24(20)15-25(22)28-17-19-8-5-4-6-9-19/h4-6,8-9,14-15,18,21,23,27H,7,10-13,16-17H2,1-3H3/t21-,23?,26+/m1/s1. The van der Waals surface area contributed by atoms with Crippen LogP contribution in [0.5, 0.6) is 5.75 Å². The maximum absolute atomic E-state index is 9.95. The molecule has 0 aliphatic heterocycles. The Morgan fingerprint density at radius 2 is 1.93 bits per heavy atom. The van der Waals surface area contributed by atoms with Crippen LogP contribution in [0.4, 0.5) is 0 Å². The van der Waals surface area contributed by atoms with Crippen molar-refractivity contribution in [2.75, 3.05) is 6.61 Å². The quantitative estimate of drug-likeness (QED) is 0.691. The molecule has 0 saturated heterocycles. The molecule has 2 aromatic rings. The van der Waals surface area contributed by atoms with Crippen molar-refractivity contribution >= 4 is 0 Å². The van der Waals surface area contributed by atoms with Crippen molar-refractivity contribution in [3.63, 3.8) is 0 Å². The van der Waals surface area contributed by atoms with Crippen LogP contribution in [-0.2, 0) is 18.4 Å². The van der Waals surface area contributed by atoms with Crippen molar-refractivity contribution in [3.05, 3.63) is 64.7 Å². The maximum atomic E-state index is 9.95. The first-order valence-corrected chi connectivity index (χ1v) is 11.0. The average molecular weight is 379 g/mol. The van der Waals surface area contributed by atoms with Gasteiger partial charge in [0.05, 0.1) is 0 Å². The van der Waals surface area contributed by atoms with Crippen LogP contribution >= 0.6 is 0 Å². The lowest BCUT2D eigenvalue weighted by molar-refractivity contribution is 0.0606. The largest absolute Gasteiger partial charge is 0.489 e. The summed E-state index contributed by atoms with van der Waals surface area (Å²) in [5.41, 5.74) is 5.69. The summed E-state index contributed by atoms with van der Waals surface area (Å²) < 4.78 is 6.38. The van der Waals surface area contributed by atoms with Gasteiger partial charge >= 0.3 is 0 Å². The van der Waals surface area contributed by atoms with E-state index in [4.69, 9.17) is 4.74 Å². The van der Waals surface area contributed by atoms with E-state index in [0.29, 0.717) is 31.0 Å². The van der Waals surface area contributed by atoms with E-state index in [1.54, 1.807) is 0 Å². The van der Waals surface area contributed by atoms with Gasteiger partial charge in [-0.1, -0.05) is 63.6 Å². The van der Waals surface area contributed by atoms with E-state index in [0.717, 1.165) is 12.2 Å². The molecular formula is C26H34O2. The Morgan fingerprint density at radius 3 is 2.64 bits per heavy atom. The van der Waals surface area contributed by atoms with E-state index in [1.165, 1.54) is 47.9 Å². The molecule has 0 spiro atoms. The number of fused-ring (bicyclic) bond motifs is 3. The van der Waals surface area contributed by atoms with Gasteiger partial charge in [-0.2, -0.15) is 0 Å². The van der Waals surface area contributed by atoms with Crippen molar-refractivity contribution in [3.8, 4) is 5.75 Å². The van der Waals surface area contributed by atoms with Crippen molar-refractivity contribution in [1.29, 1.82) is 0 Å². The van der Waals surface area contributed by atoms with Crippen LogP contribution in [0.25, 0.3) is 0 Å².